The maximum absolute atomic E-state index is 12.3. The van der Waals surface area contributed by atoms with Crippen LogP contribution in [0, 0.1) is 5.92 Å². The Morgan fingerprint density at radius 3 is 1.60 bits per heavy atom. The Labute approximate surface area is 153 Å². The molecule has 25 heavy (non-hydrogen) atoms. The van der Waals surface area contributed by atoms with Gasteiger partial charge in [0.1, 0.15) is 0 Å². The normalized spacial score (nSPS) is 27.6. The number of hydrogen-bond acceptors (Lipinski definition) is 2. The van der Waals surface area contributed by atoms with Crippen LogP contribution in [-0.4, -0.2) is 23.9 Å². The van der Waals surface area contributed by atoms with E-state index in [2.05, 4.69) is 17.6 Å². The van der Waals surface area contributed by atoms with E-state index in [1.54, 1.807) is 0 Å². The lowest BCUT2D eigenvalue weighted by Gasteiger charge is -2.29. The third kappa shape index (κ3) is 7.79. The van der Waals surface area contributed by atoms with Crippen molar-refractivity contribution in [2.45, 2.75) is 115 Å². The maximum atomic E-state index is 12.3. The molecule has 144 valence electrons. The van der Waals surface area contributed by atoms with Crippen LogP contribution < -0.4 is 10.6 Å². The smallest absolute Gasteiger partial charge is 0.309 e. The van der Waals surface area contributed by atoms with E-state index in [1.165, 1.54) is 51.4 Å². The molecule has 0 radical (unpaired) electrons. The lowest BCUT2D eigenvalue weighted by Crippen LogP contribution is -2.49. The lowest BCUT2D eigenvalue weighted by atomic mass is 9.86. The van der Waals surface area contributed by atoms with Crippen molar-refractivity contribution in [3.63, 3.8) is 0 Å². The second-order valence-electron chi connectivity index (χ2n) is 8.27. The van der Waals surface area contributed by atoms with Gasteiger partial charge in [-0.3, -0.25) is 9.59 Å². The van der Waals surface area contributed by atoms with Gasteiger partial charge in [-0.2, -0.15) is 0 Å². The lowest BCUT2D eigenvalue weighted by molar-refractivity contribution is -0.140. The highest BCUT2D eigenvalue weighted by molar-refractivity contribution is 6.35. The Balaban J connectivity index is 1.77. The van der Waals surface area contributed by atoms with Crippen LogP contribution in [0.4, 0.5) is 0 Å². The molecule has 2 fully saturated rings. The van der Waals surface area contributed by atoms with Gasteiger partial charge in [0.25, 0.3) is 0 Å². The maximum Gasteiger partial charge on any atom is 0.309 e. The van der Waals surface area contributed by atoms with Gasteiger partial charge in [-0.05, 0) is 31.6 Å². The van der Waals surface area contributed by atoms with Gasteiger partial charge in [-0.25, -0.2) is 0 Å². The topological polar surface area (TPSA) is 58.2 Å². The molecule has 0 aromatic heterocycles. The Morgan fingerprint density at radius 2 is 1.04 bits per heavy atom. The quantitative estimate of drug-likeness (QED) is 0.722. The number of hydrogen-bond donors (Lipinski definition) is 2. The van der Waals surface area contributed by atoms with Crippen molar-refractivity contribution in [1.29, 1.82) is 0 Å². The van der Waals surface area contributed by atoms with E-state index in [0.29, 0.717) is 5.92 Å². The summed E-state index contributed by atoms with van der Waals surface area (Å²) in [5.74, 6) is -0.369. The van der Waals surface area contributed by atoms with Crippen molar-refractivity contribution in [1.82, 2.24) is 10.6 Å². The van der Waals surface area contributed by atoms with Crippen LogP contribution in [0.1, 0.15) is 103 Å². The SMILES string of the molecule is CC1CCCCC1NC(=O)C(=O)NC1CCCCCCCCCCC1. The number of nitrogens with one attached hydrogen (secondary N) is 2. The number of amides is 2. The summed E-state index contributed by atoms with van der Waals surface area (Å²) in [6.07, 6.45) is 18.1. The van der Waals surface area contributed by atoms with E-state index >= 15 is 0 Å². The van der Waals surface area contributed by atoms with E-state index in [-0.39, 0.29) is 12.1 Å². The number of carbonyl (C=O) groups is 2. The molecule has 2 N–H and O–H groups in total. The average molecular weight is 351 g/mol. The van der Waals surface area contributed by atoms with Gasteiger partial charge >= 0.3 is 11.8 Å². The molecule has 4 nitrogen and oxygen atoms in total. The minimum absolute atomic E-state index is 0.168. The van der Waals surface area contributed by atoms with Gasteiger partial charge in [0, 0.05) is 12.1 Å². The fourth-order valence-corrected chi connectivity index (χ4v) is 4.32. The van der Waals surface area contributed by atoms with Crippen LogP contribution >= 0.6 is 0 Å². The zero-order valence-electron chi connectivity index (χ0n) is 16.2. The predicted molar refractivity (Wildman–Crippen MR) is 102 cm³/mol. The summed E-state index contributed by atoms with van der Waals surface area (Å²) in [6, 6.07) is 0.338. The molecule has 0 spiro atoms. The molecule has 0 heterocycles. The minimum Gasteiger partial charge on any atom is -0.345 e. The summed E-state index contributed by atoms with van der Waals surface area (Å²) < 4.78 is 0. The van der Waals surface area contributed by atoms with Crippen molar-refractivity contribution in [2.24, 2.45) is 5.92 Å². The molecule has 0 aromatic rings. The van der Waals surface area contributed by atoms with Gasteiger partial charge in [0.15, 0.2) is 0 Å². The van der Waals surface area contributed by atoms with Gasteiger partial charge < -0.3 is 10.6 Å². The van der Waals surface area contributed by atoms with Crippen molar-refractivity contribution < 1.29 is 9.59 Å². The number of rotatable bonds is 2. The zero-order valence-corrected chi connectivity index (χ0v) is 16.2. The van der Waals surface area contributed by atoms with E-state index in [1.807, 2.05) is 0 Å². The summed E-state index contributed by atoms with van der Waals surface area (Å²) in [4.78, 5) is 24.6. The first-order valence-corrected chi connectivity index (χ1v) is 10.8. The Kier molecular flexibility index (Phi) is 9.35. The van der Waals surface area contributed by atoms with E-state index in [4.69, 9.17) is 0 Å². The van der Waals surface area contributed by atoms with Crippen molar-refractivity contribution in [2.75, 3.05) is 0 Å². The molecule has 2 aliphatic rings. The Morgan fingerprint density at radius 1 is 0.600 bits per heavy atom. The molecule has 2 unspecified atom stereocenters. The monoisotopic (exact) mass is 350 g/mol. The summed E-state index contributed by atoms with van der Waals surface area (Å²) in [7, 11) is 0. The van der Waals surface area contributed by atoms with Crippen molar-refractivity contribution >= 4 is 11.8 Å². The Bertz CT molecular complexity index is 399. The molecule has 2 atom stereocenters. The van der Waals surface area contributed by atoms with Crippen LogP contribution in [0.15, 0.2) is 0 Å². The third-order valence-corrected chi connectivity index (χ3v) is 6.07. The molecule has 0 aliphatic heterocycles. The van der Waals surface area contributed by atoms with E-state index in [9.17, 15) is 9.59 Å². The van der Waals surface area contributed by atoms with Gasteiger partial charge in [0.05, 0.1) is 0 Å². The van der Waals surface area contributed by atoms with Crippen LogP contribution in [0.25, 0.3) is 0 Å². The Hall–Kier alpha value is -1.06. The first kappa shape index (κ1) is 20.3. The first-order chi connectivity index (χ1) is 12.2. The molecule has 2 amide bonds. The van der Waals surface area contributed by atoms with Crippen LogP contribution in [0.2, 0.25) is 0 Å². The van der Waals surface area contributed by atoms with E-state index < -0.39 is 11.8 Å². The zero-order chi connectivity index (χ0) is 17.9. The molecular weight excluding hydrogens is 312 g/mol. The summed E-state index contributed by atoms with van der Waals surface area (Å²) in [5, 5.41) is 6.00. The van der Waals surface area contributed by atoms with Crippen molar-refractivity contribution in [3.8, 4) is 0 Å². The molecule has 0 saturated heterocycles. The van der Waals surface area contributed by atoms with Gasteiger partial charge in [-0.15, -0.1) is 0 Å². The fraction of sp³-hybridized carbons (Fsp3) is 0.905. The highest BCUT2D eigenvalue weighted by Crippen LogP contribution is 2.23. The molecule has 4 heteroatoms. The minimum atomic E-state index is -0.426. The second kappa shape index (κ2) is 11.5. The van der Waals surface area contributed by atoms with Crippen LogP contribution in [0.3, 0.4) is 0 Å². The predicted octanol–water partition coefficient (Wildman–Crippen LogP) is 4.47. The van der Waals surface area contributed by atoms with Gasteiger partial charge in [-0.1, -0.05) is 77.6 Å². The molecule has 2 rings (SSSR count). The second-order valence-corrected chi connectivity index (χ2v) is 8.27. The summed E-state index contributed by atoms with van der Waals surface area (Å²) >= 11 is 0. The first-order valence-electron chi connectivity index (χ1n) is 10.8. The molecule has 0 aromatic carbocycles. The van der Waals surface area contributed by atoms with Crippen LogP contribution in [0.5, 0.6) is 0 Å². The standard InChI is InChI=1S/C21H38N2O2/c1-17-13-11-12-16-19(17)23-21(25)20(24)22-18-14-9-7-5-3-2-4-6-8-10-15-18/h17-19H,2-16H2,1H3,(H,22,24)(H,23,25). The molecule has 2 aliphatic carbocycles. The molecule has 2 saturated carbocycles. The summed E-state index contributed by atoms with van der Waals surface area (Å²) in [5.41, 5.74) is 0. The van der Waals surface area contributed by atoms with Crippen molar-refractivity contribution in [3.05, 3.63) is 0 Å². The van der Waals surface area contributed by atoms with Gasteiger partial charge in [0.2, 0.25) is 0 Å². The van der Waals surface area contributed by atoms with Crippen LogP contribution in [-0.2, 0) is 9.59 Å². The third-order valence-electron chi connectivity index (χ3n) is 6.07. The molecule has 0 bridgehead atoms. The number of carbonyl (C=O) groups excluding carboxylic acids is 2. The molecular formula is C21H38N2O2. The summed E-state index contributed by atoms with van der Waals surface area (Å²) in [6.45, 7) is 2.18. The average Bonchev–Trinajstić information content (AvgIpc) is 2.59. The fourth-order valence-electron chi connectivity index (χ4n) is 4.32. The highest BCUT2D eigenvalue weighted by atomic mass is 16.2. The van der Waals surface area contributed by atoms with E-state index in [0.717, 1.165) is 44.9 Å². The largest absolute Gasteiger partial charge is 0.345 e. The highest BCUT2D eigenvalue weighted by Gasteiger charge is 2.26.